The highest BCUT2D eigenvalue weighted by Gasteiger charge is 2.30. The molecule has 0 rings (SSSR count). The number of aliphatic hydroxyl groups is 1. The van der Waals surface area contributed by atoms with Crippen LogP contribution in [0.3, 0.4) is 0 Å². The number of aliphatic hydroxyl groups excluding tert-OH is 1. The highest BCUT2D eigenvalue weighted by molar-refractivity contribution is 7.85. The van der Waals surface area contributed by atoms with Crippen molar-refractivity contribution in [3.8, 4) is 0 Å². The van der Waals surface area contributed by atoms with Crippen LogP contribution in [0.2, 0.25) is 0 Å². The first kappa shape index (κ1) is 41.8. The van der Waals surface area contributed by atoms with Crippen molar-refractivity contribution in [2.24, 2.45) is 0 Å². The molecule has 6 heteroatoms. The van der Waals surface area contributed by atoms with Crippen molar-refractivity contribution in [3.63, 3.8) is 0 Å². The molecule has 0 aromatic rings. The van der Waals surface area contributed by atoms with Crippen molar-refractivity contribution < 1.29 is 22.6 Å². The summed E-state index contributed by atoms with van der Waals surface area (Å²) < 4.78 is 35.2. The van der Waals surface area contributed by atoms with E-state index in [0.717, 1.165) is 43.4 Å². The fourth-order valence-electron chi connectivity index (χ4n) is 6.62. The Morgan fingerprint density at radius 1 is 0.476 bits per heavy atom. The lowest BCUT2D eigenvalue weighted by Gasteiger charge is -2.41. The Morgan fingerprint density at radius 3 is 0.952 bits per heavy atom. The van der Waals surface area contributed by atoms with Crippen LogP contribution >= 0.6 is 0 Å². The Labute approximate surface area is 264 Å². The van der Waals surface area contributed by atoms with Crippen LogP contribution in [0, 0.1) is 0 Å². The van der Waals surface area contributed by atoms with Crippen molar-refractivity contribution in [2.75, 3.05) is 31.9 Å². The molecule has 0 aliphatic rings. The van der Waals surface area contributed by atoms with Gasteiger partial charge in [-0.05, 0) is 38.5 Å². The summed E-state index contributed by atoms with van der Waals surface area (Å²) in [7, 11) is -4.43. The molecule has 0 saturated heterocycles. The molecule has 0 aliphatic carbocycles. The van der Waals surface area contributed by atoms with Gasteiger partial charge in [0.05, 0.1) is 35.5 Å². The van der Waals surface area contributed by atoms with Gasteiger partial charge in [0.25, 0.3) is 0 Å². The van der Waals surface area contributed by atoms with E-state index in [9.17, 15) is 18.1 Å². The van der Waals surface area contributed by atoms with Gasteiger partial charge in [-0.25, -0.2) is 8.42 Å². The summed E-state index contributed by atoms with van der Waals surface area (Å²) in [5.41, 5.74) is 0. The number of hydrogen-bond donors (Lipinski definition) is 1. The standard InChI is InChI=1S/C36H75NO4S/c1-4-7-10-13-16-19-22-25-28-31-37(34-36(38)35-42(39,40)41,32-29-26-23-20-17-14-11-8-5-2)33-30-27-24-21-18-15-12-9-6-3/h36,38H,4-35H2,1-3H3. The minimum atomic E-state index is -4.43. The van der Waals surface area contributed by atoms with Crippen molar-refractivity contribution >= 4 is 10.1 Å². The molecule has 254 valence electrons. The van der Waals surface area contributed by atoms with Gasteiger partial charge in [-0.1, -0.05) is 156 Å². The summed E-state index contributed by atoms with van der Waals surface area (Å²) in [5.74, 6) is -0.652. The van der Waals surface area contributed by atoms with Crippen LogP contribution in [0.4, 0.5) is 0 Å². The lowest BCUT2D eigenvalue weighted by molar-refractivity contribution is -0.931. The molecule has 0 amide bonds. The zero-order valence-corrected chi connectivity index (χ0v) is 29.5. The van der Waals surface area contributed by atoms with Crippen LogP contribution < -0.4 is 0 Å². The maximum Gasteiger partial charge on any atom is 0.116 e. The van der Waals surface area contributed by atoms with Gasteiger partial charge in [0, 0.05) is 0 Å². The monoisotopic (exact) mass is 618 g/mol. The van der Waals surface area contributed by atoms with E-state index in [0.29, 0.717) is 6.54 Å². The first-order valence-corrected chi connectivity index (χ1v) is 20.3. The second-order valence-corrected chi connectivity index (χ2v) is 15.0. The van der Waals surface area contributed by atoms with E-state index >= 15 is 0 Å². The Balaban J connectivity index is 4.99. The third-order valence-corrected chi connectivity index (χ3v) is 10.00. The molecule has 0 aromatic heterocycles. The van der Waals surface area contributed by atoms with Crippen molar-refractivity contribution in [1.82, 2.24) is 0 Å². The van der Waals surface area contributed by atoms with E-state index in [4.69, 9.17) is 0 Å². The molecule has 0 aromatic carbocycles. The summed E-state index contributed by atoms with van der Waals surface area (Å²) >= 11 is 0. The van der Waals surface area contributed by atoms with Gasteiger partial charge in [-0.2, -0.15) is 0 Å². The van der Waals surface area contributed by atoms with E-state index in [1.165, 1.54) is 154 Å². The highest BCUT2D eigenvalue weighted by atomic mass is 32.2. The van der Waals surface area contributed by atoms with Crippen LogP contribution in [-0.2, 0) is 10.1 Å². The highest BCUT2D eigenvalue weighted by Crippen LogP contribution is 2.21. The first-order chi connectivity index (χ1) is 20.3. The molecule has 1 unspecified atom stereocenters. The van der Waals surface area contributed by atoms with E-state index < -0.39 is 22.0 Å². The zero-order chi connectivity index (χ0) is 31.2. The van der Waals surface area contributed by atoms with Gasteiger partial charge in [-0.15, -0.1) is 0 Å². The molecule has 0 fully saturated rings. The van der Waals surface area contributed by atoms with Gasteiger partial charge in [0.1, 0.15) is 12.6 Å². The summed E-state index contributed by atoms with van der Waals surface area (Å²) in [6.07, 6.45) is 33.6. The predicted molar refractivity (Wildman–Crippen MR) is 182 cm³/mol. The van der Waals surface area contributed by atoms with Crippen LogP contribution in [-0.4, -0.2) is 60.6 Å². The molecule has 0 aliphatic heterocycles. The number of hydrogen-bond acceptors (Lipinski definition) is 4. The number of rotatable bonds is 34. The number of quaternary nitrogens is 1. The molecule has 0 heterocycles. The summed E-state index contributed by atoms with van der Waals surface area (Å²) in [6.45, 7) is 10.2. The summed E-state index contributed by atoms with van der Waals surface area (Å²) in [6, 6.07) is 0. The third kappa shape index (κ3) is 28.6. The maximum atomic E-state index is 11.5. The maximum absolute atomic E-state index is 11.5. The first-order valence-electron chi connectivity index (χ1n) is 18.7. The Morgan fingerprint density at radius 2 is 0.714 bits per heavy atom. The lowest BCUT2D eigenvalue weighted by atomic mass is 10.0. The average molecular weight is 618 g/mol. The van der Waals surface area contributed by atoms with Crippen LogP contribution in [0.1, 0.15) is 194 Å². The smallest absolute Gasteiger partial charge is 0.116 e. The average Bonchev–Trinajstić information content (AvgIpc) is 2.93. The van der Waals surface area contributed by atoms with Crippen LogP contribution in [0.25, 0.3) is 0 Å². The van der Waals surface area contributed by atoms with Crippen LogP contribution in [0.5, 0.6) is 0 Å². The molecule has 42 heavy (non-hydrogen) atoms. The fourth-order valence-corrected chi connectivity index (χ4v) is 7.19. The SMILES string of the molecule is CCCCCCCCCCC[N+](CCCCCCCCCCC)(CCCCCCCCCCC)CC(O)CS(=O)(=O)[O-]. The Bertz CT molecular complexity index is 600. The third-order valence-electron chi connectivity index (χ3n) is 9.20. The molecular weight excluding hydrogens is 542 g/mol. The van der Waals surface area contributed by atoms with Gasteiger partial charge in [-0.3, -0.25) is 0 Å². The second-order valence-electron chi connectivity index (χ2n) is 13.6. The lowest BCUT2D eigenvalue weighted by Crippen LogP contribution is -2.55. The normalized spacial score (nSPS) is 13.2. The van der Waals surface area contributed by atoms with Crippen LogP contribution in [0.15, 0.2) is 0 Å². The van der Waals surface area contributed by atoms with E-state index in [-0.39, 0.29) is 0 Å². The van der Waals surface area contributed by atoms with Crippen molar-refractivity contribution in [1.29, 1.82) is 0 Å². The van der Waals surface area contributed by atoms with E-state index in [2.05, 4.69) is 20.8 Å². The minimum Gasteiger partial charge on any atom is -0.748 e. The van der Waals surface area contributed by atoms with Gasteiger partial charge in [0.15, 0.2) is 0 Å². The zero-order valence-electron chi connectivity index (χ0n) is 28.7. The predicted octanol–water partition coefficient (Wildman–Crippen LogP) is 10.3. The molecule has 0 bridgehead atoms. The topological polar surface area (TPSA) is 77.4 Å². The van der Waals surface area contributed by atoms with Crippen molar-refractivity contribution in [2.45, 2.75) is 200 Å². The minimum absolute atomic E-state index is 0.409. The second kappa shape index (κ2) is 29.5. The molecule has 5 nitrogen and oxygen atoms in total. The van der Waals surface area contributed by atoms with E-state index in [1.807, 2.05) is 0 Å². The molecule has 0 spiro atoms. The van der Waals surface area contributed by atoms with Crippen molar-refractivity contribution in [3.05, 3.63) is 0 Å². The Hall–Kier alpha value is -0.170. The molecular formula is C36H75NO4S. The number of unbranched alkanes of at least 4 members (excludes halogenated alkanes) is 24. The number of nitrogens with zero attached hydrogens (tertiary/aromatic N) is 1. The molecule has 1 atom stereocenters. The largest absolute Gasteiger partial charge is 0.748 e. The van der Waals surface area contributed by atoms with Gasteiger partial charge >= 0.3 is 0 Å². The quantitative estimate of drug-likeness (QED) is 0.0443. The van der Waals surface area contributed by atoms with Gasteiger partial charge in [0.2, 0.25) is 0 Å². The molecule has 0 saturated carbocycles. The fraction of sp³-hybridized carbons (Fsp3) is 1.00. The van der Waals surface area contributed by atoms with E-state index in [1.54, 1.807) is 0 Å². The molecule has 0 radical (unpaired) electrons. The van der Waals surface area contributed by atoms with Gasteiger partial charge < -0.3 is 14.1 Å². The summed E-state index contributed by atoms with van der Waals surface area (Å²) in [4.78, 5) is 0. The summed E-state index contributed by atoms with van der Waals surface area (Å²) in [5, 5.41) is 10.8. The molecule has 1 N–H and O–H groups in total. The Kier molecular flexibility index (Phi) is 29.4.